The van der Waals surface area contributed by atoms with Crippen molar-refractivity contribution >= 4 is 34.7 Å². The van der Waals surface area contributed by atoms with Gasteiger partial charge in [0.25, 0.3) is 0 Å². The van der Waals surface area contributed by atoms with E-state index in [0.29, 0.717) is 22.8 Å². The summed E-state index contributed by atoms with van der Waals surface area (Å²) in [6.07, 6.45) is 1.50. The van der Waals surface area contributed by atoms with Gasteiger partial charge in [-0.3, -0.25) is 10.00 Å². The van der Waals surface area contributed by atoms with Crippen LogP contribution in [0.25, 0.3) is 0 Å². The van der Waals surface area contributed by atoms with Gasteiger partial charge in [0.1, 0.15) is 16.6 Å². The highest BCUT2D eigenvalue weighted by Crippen LogP contribution is 2.23. The third kappa shape index (κ3) is 3.29. The monoisotopic (exact) mass is 305 g/mol. The van der Waals surface area contributed by atoms with Crippen molar-refractivity contribution < 1.29 is 9.53 Å². The van der Waals surface area contributed by atoms with Crippen LogP contribution in [0, 0.1) is 0 Å². The van der Waals surface area contributed by atoms with Crippen LogP contribution in [-0.2, 0) is 7.05 Å². The molecule has 0 fully saturated rings. The molecule has 0 aliphatic rings. The lowest BCUT2D eigenvalue weighted by molar-refractivity contribution is 0.262. The van der Waals surface area contributed by atoms with Crippen molar-refractivity contribution in [1.82, 2.24) is 9.78 Å². The molecule has 2 amide bonds. The Hall–Kier alpha value is -2.61. The summed E-state index contributed by atoms with van der Waals surface area (Å²) in [5, 5.41) is 9.37. The molecular weight excluding hydrogens is 290 g/mol. The molecule has 1 heterocycles. The van der Waals surface area contributed by atoms with E-state index in [2.05, 4.69) is 15.7 Å². The summed E-state index contributed by atoms with van der Waals surface area (Å²) < 4.78 is 6.65. The standard InChI is InChI=1S/C13H15N5O2S/c1-18-12(8(7-15-18)11(14)21)17-13(19)16-9-5-3-4-6-10(9)20-2/h3-7H,1-2H3,(H2,14,21)(H2,16,17,19). The topological polar surface area (TPSA) is 94.2 Å². The molecule has 0 aliphatic heterocycles. The number of benzene rings is 1. The van der Waals surface area contributed by atoms with Crippen LogP contribution >= 0.6 is 12.2 Å². The lowest BCUT2D eigenvalue weighted by Gasteiger charge is -2.11. The minimum atomic E-state index is -0.444. The first kappa shape index (κ1) is 14.8. The summed E-state index contributed by atoms with van der Waals surface area (Å²) in [6.45, 7) is 0. The maximum atomic E-state index is 12.1. The minimum absolute atomic E-state index is 0.163. The van der Waals surface area contributed by atoms with Crippen molar-refractivity contribution in [3.8, 4) is 5.75 Å². The van der Waals surface area contributed by atoms with Gasteiger partial charge in [0.05, 0.1) is 24.6 Å². The van der Waals surface area contributed by atoms with Crippen LogP contribution in [0.3, 0.4) is 0 Å². The van der Waals surface area contributed by atoms with Crippen LogP contribution in [0.5, 0.6) is 5.75 Å². The molecule has 0 aliphatic carbocycles. The summed E-state index contributed by atoms with van der Waals surface area (Å²) >= 11 is 4.92. The Morgan fingerprint density at radius 2 is 2.10 bits per heavy atom. The third-order valence-corrected chi connectivity index (χ3v) is 3.01. The molecule has 110 valence electrons. The summed E-state index contributed by atoms with van der Waals surface area (Å²) in [5.74, 6) is 0.988. The van der Waals surface area contributed by atoms with Crippen LogP contribution in [0.15, 0.2) is 30.5 Å². The van der Waals surface area contributed by atoms with E-state index >= 15 is 0 Å². The number of aryl methyl sites for hydroxylation is 1. The minimum Gasteiger partial charge on any atom is -0.495 e. The molecule has 0 saturated heterocycles. The van der Waals surface area contributed by atoms with E-state index in [-0.39, 0.29) is 4.99 Å². The fraction of sp³-hybridized carbons (Fsp3) is 0.154. The van der Waals surface area contributed by atoms with Crippen LogP contribution in [0.2, 0.25) is 0 Å². The van der Waals surface area contributed by atoms with Crippen molar-refractivity contribution in [3.63, 3.8) is 0 Å². The van der Waals surface area contributed by atoms with E-state index < -0.39 is 6.03 Å². The zero-order valence-corrected chi connectivity index (χ0v) is 12.4. The number of ether oxygens (including phenoxy) is 1. The predicted molar refractivity (Wildman–Crippen MR) is 84.7 cm³/mol. The fourth-order valence-electron chi connectivity index (χ4n) is 1.78. The lowest BCUT2D eigenvalue weighted by Crippen LogP contribution is -2.23. The first-order chi connectivity index (χ1) is 10.0. The highest BCUT2D eigenvalue weighted by molar-refractivity contribution is 7.80. The number of para-hydroxylation sites is 2. The maximum Gasteiger partial charge on any atom is 0.324 e. The summed E-state index contributed by atoms with van der Waals surface area (Å²) in [5.41, 5.74) is 6.64. The van der Waals surface area contributed by atoms with Crippen LogP contribution in [0.4, 0.5) is 16.3 Å². The number of rotatable bonds is 4. The van der Waals surface area contributed by atoms with Gasteiger partial charge in [0.2, 0.25) is 0 Å². The van der Waals surface area contributed by atoms with Gasteiger partial charge in [0.15, 0.2) is 0 Å². The molecule has 1 aromatic carbocycles. The fourth-order valence-corrected chi connectivity index (χ4v) is 1.92. The van der Waals surface area contributed by atoms with Crippen LogP contribution < -0.4 is 21.1 Å². The molecule has 21 heavy (non-hydrogen) atoms. The SMILES string of the molecule is COc1ccccc1NC(=O)Nc1c(C(N)=S)cnn1C. The second kappa shape index (κ2) is 6.23. The number of thiocarbonyl (C=S) groups is 1. The van der Waals surface area contributed by atoms with E-state index in [9.17, 15) is 4.79 Å². The van der Waals surface area contributed by atoms with Crippen molar-refractivity contribution in [2.75, 3.05) is 17.7 Å². The zero-order chi connectivity index (χ0) is 15.4. The highest BCUT2D eigenvalue weighted by Gasteiger charge is 2.14. The molecule has 0 radical (unpaired) electrons. The van der Waals surface area contributed by atoms with E-state index in [1.165, 1.54) is 18.0 Å². The number of methoxy groups -OCH3 is 1. The molecule has 2 rings (SSSR count). The van der Waals surface area contributed by atoms with E-state index in [4.69, 9.17) is 22.7 Å². The molecule has 4 N–H and O–H groups in total. The Balaban J connectivity index is 2.16. The van der Waals surface area contributed by atoms with Gasteiger partial charge in [-0.1, -0.05) is 24.4 Å². The van der Waals surface area contributed by atoms with E-state index in [1.54, 1.807) is 25.2 Å². The Morgan fingerprint density at radius 1 is 1.38 bits per heavy atom. The first-order valence-electron chi connectivity index (χ1n) is 6.05. The number of carbonyl (C=O) groups excluding carboxylic acids is 1. The smallest absolute Gasteiger partial charge is 0.324 e. The van der Waals surface area contributed by atoms with Crippen molar-refractivity contribution in [1.29, 1.82) is 0 Å². The summed E-state index contributed by atoms with van der Waals surface area (Å²) in [6, 6.07) is 6.65. The molecule has 7 nitrogen and oxygen atoms in total. The summed E-state index contributed by atoms with van der Waals surface area (Å²) in [7, 11) is 3.21. The van der Waals surface area contributed by atoms with Gasteiger partial charge < -0.3 is 15.8 Å². The third-order valence-electron chi connectivity index (χ3n) is 2.79. The number of nitrogens with one attached hydrogen (secondary N) is 2. The van der Waals surface area contributed by atoms with Gasteiger partial charge in [-0.2, -0.15) is 5.10 Å². The number of amides is 2. The number of hydrogen-bond acceptors (Lipinski definition) is 4. The number of urea groups is 1. The number of anilines is 2. The van der Waals surface area contributed by atoms with E-state index in [1.807, 2.05) is 6.07 Å². The van der Waals surface area contributed by atoms with Gasteiger partial charge in [-0.05, 0) is 12.1 Å². The number of carbonyl (C=O) groups is 1. The van der Waals surface area contributed by atoms with Crippen LogP contribution in [-0.4, -0.2) is 27.9 Å². The largest absolute Gasteiger partial charge is 0.495 e. The molecule has 1 aromatic heterocycles. The van der Waals surface area contributed by atoms with Crippen molar-refractivity contribution in [2.24, 2.45) is 12.8 Å². The Bertz CT molecular complexity index is 683. The molecule has 0 bridgehead atoms. The zero-order valence-electron chi connectivity index (χ0n) is 11.6. The molecule has 0 spiro atoms. The number of aromatic nitrogens is 2. The molecule has 2 aromatic rings. The Kier molecular flexibility index (Phi) is 4.39. The first-order valence-corrected chi connectivity index (χ1v) is 6.46. The van der Waals surface area contributed by atoms with Gasteiger partial charge >= 0.3 is 6.03 Å². The highest BCUT2D eigenvalue weighted by atomic mass is 32.1. The molecule has 8 heteroatoms. The normalized spacial score (nSPS) is 10.0. The quantitative estimate of drug-likeness (QED) is 0.748. The molecule has 0 atom stereocenters. The number of nitrogens with zero attached hydrogens (tertiary/aromatic N) is 2. The maximum absolute atomic E-state index is 12.1. The second-order valence-corrected chi connectivity index (χ2v) is 4.61. The number of nitrogens with two attached hydrogens (primary N) is 1. The molecular formula is C13H15N5O2S. The molecule has 0 unspecified atom stereocenters. The number of hydrogen-bond donors (Lipinski definition) is 3. The summed E-state index contributed by atoms with van der Waals surface area (Å²) in [4.78, 5) is 12.2. The second-order valence-electron chi connectivity index (χ2n) is 4.17. The van der Waals surface area contributed by atoms with Crippen LogP contribution in [0.1, 0.15) is 5.56 Å². The van der Waals surface area contributed by atoms with Gasteiger partial charge in [0, 0.05) is 7.05 Å². The predicted octanol–water partition coefficient (Wildman–Crippen LogP) is 1.71. The lowest BCUT2D eigenvalue weighted by atomic mass is 10.3. The molecule has 0 saturated carbocycles. The van der Waals surface area contributed by atoms with Gasteiger partial charge in [-0.15, -0.1) is 0 Å². The Morgan fingerprint density at radius 3 is 2.76 bits per heavy atom. The average Bonchev–Trinajstić information content (AvgIpc) is 2.81. The average molecular weight is 305 g/mol. The van der Waals surface area contributed by atoms with Crippen molar-refractivity contribution in [3.05, 3.63) is 36.0 Å². The van der Waals surface area contributed by atoms with E-state index in [0.717, 1.165) is 0 Å². The Labute approximate surface area is 127 Å². The van der Waals surface area contributed by atoms with Crippen molar-refractivity contribution in [2.45, 2.75) is 0 Å². The van der Waals surface area contributed by atoms with Gasteiger partial charge in [-0.25, -0.2) is 4.79 Å².